The minimum absolute atomic E-state index is 0.233. The van der Waals surface area contributed by atoms with E-state index in [9.17, 15) is 4.79 Å². The number of anilines is 1. The van der Waals surface area contributed by atoms with Crippen molar-refractivity contribution in [2.45, 2.75) is 6.92 Å². The second-order valence-corrected chi connectivity index (χ2v) is 4.13. The molecule has 1 aromatic carbocycles. The van der Waals surface area contributed by atoms with E-state index in [-0.39, 0.29) is 6.03 Å². The van der Waals surface area contributed by atoms with E-state index in [1.54, 1.807) is 12.4 Å². The van der Waals surface area contributed by atoms with Crippen molar-refractivity contribution >= 4 is 27.6 Å². The molecule has 0 unspecified atom stereocenters. The topological polar surface area (TPSA) is 46.9 Å². The lowest BCUT2D eigenvalue weighted by Crippen LogP contribution is -2.18. The van der Waals surface area contributed by atoms with Crippen LogP contribution in [-0.2, 0) is 0 Å². The molecule has 0 bridgehead atoms. The standard InChI is InChI=1S/C11H10BrN3O/c1-8-3-2-4-9(10(8)12)14-11(16)15-6-5-13-7-15/h2-7H,1H3,(H,14,16). The predicted octanol–water partition coefficient (Wildman–Crippen LogP) is 3.03. The summed E-state index contributed by atoms with van der Waals surface area (Å²) in [5.74, 6) is 0. The Bertz CT molecular complexity index is 508. The van der Waals surface area contributed by atoms with Gasteiger partial charge in [0, 0.05) is 16.9 Å². The zero-order valence-corrected chi connectivity index (χ0v) is 10.2. The normalized spacial score (nSPS) is 10.1. The van der Waals surface area contributed by atoms with Crippen molar-refractivity contribution in [2.24, 2.45) is 0 Å². The van der Waals surface area contributed by atoms with Crippen molar-refractivity contribution in [3.05, 3.63) is 47.0 Å². The van der Waals surface area contributed by atoms with E-state index >= 15 is 0 Å². The lowest BCUT2D eigenvalue weighted by atomic mass is 10.2. The summed E-state index contributed by atoms with van der Waals surface area (Å²) in [5.41, 5.74) is 1.82. The number of aryl methyl sites for hydroxylation is 1. The van der Waals surface area contributed by atoms with Gasteiger partial charge in [0.05, 0.1) is 5.69 Å². The third-order valence-electron chi connectivity index (χ3n) is 2.17. The van der Waals surface area contributed by atoms with Crippen LogP contribution >= 0.6 is 15.9 Å². The maximum Gasteiger partial charge on any atom is 0.331 e. The minimum atomic E-state index is -0.233. The number of rotatable bonds is 1. The van der Waals surface area contributed by atoms with Gasteiger partial charge < -0.3 is 5.32 Å². The van der Waals surface area contributed by atoms with Gasteiger partial charge in [-0.15, -0.1) is 0 Å². The van der Waals surface area contributed by atoms with Gasteiger partial charge in [-0.2, -0.15) is 0 Å². The van der Waals surface area contributed by atoms with Crippen LogP contribution in [0.3, 0.4) is 0 Å². The average molecular weight is 280 g/mol. The second-order valence-electron chi connectivity index (χ2n) is 3.34. The minimum Gasteiger partial charge on any atom is -0.306 e. The number of imidazole rings is 1. The number of halogens is 1. The number of carbonyl (C=O) groups excluding carboxylic acids is 1. The van der Waals surface area contributed by atoms with Crippen LogP contribution in [0.5, 0.6) is 0 Å². The molecule has 1 aromatic heterocycles. The maximum absolute atomic E-state index is 11.7. The Morgan fingerprint density at radius 1 is 1.50 bits per heavy atom. The summed E-state index contributed by atoms with van der Waals surface area (Å²) in [6, 6.07) is 5.47. The van der Waals surface area contributed by atoms with Gasteiger partial charge in [-0.1, -0.05) is 12.1 Å². The average Bonchev–Trinajstić information content (AvgIpc) is 2.78. The molecule has 2 rings (SSSR count). The van der Waals surface area contributed by atoms with E-state index in [1.165, 1.54) is 10.9 Å². The first-order chi connectivity index (χ1) is 7.68. The van der Waals surface area contributed by atoms with Crippen LogP contribution in [0.4, 0.5) is 10.5 Å². The van der Waals surface area contributed by atoms with E-state index < -0.39 is 0 Å². The second kappa shape index (κ2) is 4.49. The molecule has 0 aliphatic carbocycles. The molecule has 0 saturated carbocycles. The Balaban J connectivity index is 2.22. The molecule has 2 aromatic rings. The van der Waals surface area contributed by atoms with Gasteiger partial charge in [-0.3, -0.25) is 4.57 Å². The van der Waals surface area contributed by atoms with Gasteiger partial charge >= 0.3 is 6.03 Å². The molecule has 5 heteroatoms. The van der Waals surface area contributed by atoms with E-state index in [0.29, 0.717) is 0 Å². The number of hydrogen-bond donors (Lipinski definition) is 1. The number of hydrogen-bond acceptors (Lipinski definition) is 2. The Morgan fingerprint density at radius 2 is 2.31 bits per heavy atom. The van der Waals surface area contributed by atoms with Gasteiger partial charge in [0.2, 0.25) is 0 Å². The van der Waals surface area contributed by atoms with Gasteiger partial charge in [-0.25, -0.2) is 9.78 Å². The molecule has 1 amide bonds. The Labute approximate surface area is 101 Å². The van der Waals surface area contributed by atoms with Gasteiger partial charge in [0.15, 0.2) is 0 Å². The monoisotopic (exact) mass is 279 g/mol. The lowest BCUT2D eigenvalue weighted by molar-refractivity contribution is 0.253. The largest absolute Gasteiger partial charge is 0.331 e. The number of amides is 1. The molecule has 0 saturated heterocycles. The molecular weight excluding hydrogens is 270 g/mol. The fourth-order valence-corrected chi connectivity index (χ4v) is 1.67. The quantitative estimate of drug-likeness (QED) is 0.872. The molecule has 1 heterocycles. The molecule has 0 spiro atoms. The number of aromatic nitrogens is 2. The van der Waals surface area contributed by atoms with Crippen LogP contribution in [0.2, 0.25) is 0 Å². The Kier molecular flexibility index (Phi) is 3.05. The van der Waals surface area contributed by atoms with Crippen molar-refractivity contribution in [1.29, 1.82) is 0 Å². The van der Waals surface area contributed by atoms with Gasteiger partial charge in [0.25, 0.3) is 0 Å². The highest BCUT2D eigenvalue weighted by atomic mass is 79.9. The predicted molar refractivity (Wildman–Crippen MR) is 65.5 cm³/mol. The summed E-state index contributed by atoms with van der Waals surface area (Å²) < 4.78 is 2.28. The SMILES string of the molecule is Cc1cccc(NC(=O)n2ccnc2)c1Br. The van der Waals surface area contributed by atoms with Crippen LogP contribution in [0.15, 0.2) is 41.4 Å². The first-order valence-corrected chi connectivity index (χ1v) is 5.52. The summed E-state index contributed by atoms with van der Waals surface area (Å²) in [4.78, 5) is 15.5. The van der Waals surface area contributed by atoms with Crippen LogP contribution in [0.1, 0.15) is 5.56 Å². The van der Waals surface area contributed by atoms with Crippen molar-refractivity contribution in [3.63, 3.8) is 0 Å². The summed E-state index contributed by atoms with van der Waals surface area (Å²) in [6.45, 7) is 1.97. The van der Waals surface area contributed by atoms with Crippen LogP contribution < -0.4 is 5.32 Å². The number of benzene rings is 1. The molecule has 4 nitrogen and oxygen atoms in total. The molecule has 82 valence electrons. The first kappa shape index (κ1) is 10.9. The zero-order chi connectivity index (χ0) is 11.5. The van der Waals surface area contributed by atoms with Crippen molar-refractivity contribution in [3.8, 4) is 0 Å². The number of nitrogens with zero attached hydrogens (tertiary/aromatic N) is 2. The van der Waals surface area contributed by atoms with Crippen molar-refractivity contribution in [1.82, 2.24) is 9.55 Å². The number of carbonyl (C=O) groups is 1. The molecule has 1 N–H and O–H groups in total. The molecule has 0 fully saturated rings. The van der Waals surface area contributed by atoms with Crippen molar-refractivity contribution in [2.75, 3.05) is 5.32 Å². The van der Waals surface area contributed by atoms with E-state index in [4.69, 9.17) is 0 Å². The molecule has 0 aliphatic heterocycles. The Hall–Kier alpha value is -1.62. The third-order valence-corrected chi connectivity index (χ3v) is 3.22. The van der Waals surface area contributed by atoms with Crippen LogP contribution in [0, 0.1) is 6.92 Å². The van der Waals surface area contributed by atoms with E-state index in [0.717, 1.165) is 15.7 Å². The summed E-state index contributed by atoms with van der Waals surface area (Å²) in [7, 11) is 0. The fraction of sp³-hybridized carbons (Fsp3) is 0.0909. The van der Waals surface area contributed by atoms with Gasteiger partial charge in [0.1, 0.15) is 6.33 Å². The summed E-state index contributed by atoms with van der Waals surface area (Å²) in [6.07, 6.45) is 4.61. The molecule has 0 radical (unpaired) electrons. The smallest absolute Gasteiger partial charge is 0.306 e. The summed E-state index contributed by atoms with van der Waals surface area (Å²) in [5, 5.41) is 2.79. The first-order valence-electron chi connectivity index (χ1n) is 4.73. The van der Waals surface area contributed by atoms with E-state index in [1.807, 2.05) is 25.1 Å². The van der Waals surface area contributed by atoms with Crippen molar-refractivity contribution < 1.29 is 4.79 Å². The van der Waals surface area contributed by atoms with E-state index in [2.05, 4.69) is 26.2 Å². The molecule has 0 atom stereocenters. The summed E-state index contributed by atoms with van der Waals surface area (Å²) >= 11 is 3.43. The highest BCUT2D eigenvalue weighted by Gasteiger charge is 2.07. The maximum atomic E-state index is 11.7. The lowest BCUT2D eigenvalue weighted by Gasteiger charge is -2.08. The number of nitrogens with one attached hydrogen (secondary N) is 1. The molecule has 0 aliphatic rings. The zero-order valence-electron chi connectivity index (χ0n) is 8.64. The van der Waals surface area contributed by atoms with Crippen LogP contribution in [0.25, 0.3) is 0 Å². The highest BCUT2D eigenvalue weighted by molar-refractivity contribution is 9.10. The third kappa shape index (κ3) is 2.14. The van der Waals surface area contributed by atoms with Gasteiger partial charge in [-0.05, 0) is 34.5 Å². The van der Waals surface area contributed by atoms with Crippen LogP contribution in [-0.4, -0.2) is 15.6 Å². The fourth-order valence-electron chi connectivity index (χ4n) is 1.30. The molecular formula is C11H10BrN3O. The Morgan fingerprint density at radius 3 is 3.00 bits per heavy atom. The molecule has 16 heavy (non-hydrogen) atoms. The highest BCUT2D eigenvalue weighted by Crippen LogP contribution is 2.25.